The summed E-state index contributed by atoms with van der Waals surface area (Å²) in [4.78, 5) is 0. The van der Waals surface area contributed by atoms with Gasteiger partial charge >= 0.3 is 0 Å². The molecule has 1 unspecified atom stereocenters. The lowest BCUT2D eigenvalue weighted by Crippen LogP contribution is -2.19. The predicted octanol–water partition coefficient (Wildman–Crippen LogP) is 2.22. The molecule has 1 rings (SSSR count). The Kier molecular flexibility index (Phi) is 4.42. The van der Waals surface area contributed by atoms with E-state index in [-0.39, 0.29) is 0 Å². The highest BCUT2D eigenvalue weighted by Crippen LogP contribution is 2.23. The zero-order chi connectivity index (χ0) is 12.9. The van der Waals surface area contributed by atoms with Crippen molar-refractivity contribution in [1.29, 1.82) is 0 Å². The Balaban J connectivity index is 3.11. The normalized spacial score (nSPS) is 13.2. The van der Waals surface area contributed by atoms with E-state index in [1.807, 2.05) is 13.0 Å². The number of ether oxygens (including phenoxy) is 2. The highest BCUT2D eigenvalue weighted by atomic mass is 16.5. The van der Waals surface area contributed by atoms with Gasteiger partial charge in [0.2, 0.25) is 0 Å². The van der Waals surface area contributed by atoms with Gasteiger partial charge in [-0.3, -0.25) is 0 Å². The Hall–Kier alpha value is -1.66. The minimum Gasteiger partial charge on any atom is -0.497 e. The fourth-order valence-electron chi connectivity index (χ4n) is 1.20. The minimum absolute atomic E-state index is 0.576. The first-order valence-corrected chi connectivity index (χ1v) is 5.50. The fourth-order valence-corrected chi connectivity index (χ4v) is 1.20. The van der Waals surface area contributed by atoms with Gasteiger partial charge in [-0.15, -0.1) is 0 Å². The maximum atomic E-state index is 9.83. The molecule has 0 aromatic heterocycles. The molecule has 0 aliphatic heterocycles. The van der Waals surface area contributed by atoms with Crippen molar-refractivity contribution in [3.05, 3.63) is 23.8 Å². The van der Waals surface area contributed by atoms with E-state index in [2.05, 4.69) is 11.8 Å². The van der Waals surface area contributed by atoms with Gasteiger partial charge in [0.15, 0.2) is 0 Å². The molecule has 3 nitrogen and oxygen atoms in total. The van der Waals surface area contributed by atoms with E-state index < -0.39 is 5.60 Å². The molecular weight excluding hydrogens is 216 g/mol. The van der Waals surface area contributed by atoms with Crippen molar-refractivity contribution in [3.63, 3.8) is 0 Å². The largest absolute Gasteiger partial charge is 0.497 e. The molecule has 0 heterocycles. The van der Waals surface area contributed by atoms with Crippen LogP contribution in [0.1, 0.15) is 25.8 Å². The standard InChI is InChI=1S/C14H18O3/c1-5-14(2,15)9-8-11-10-12(16-3)6-7-13(11)17-4/h6-7,10,15H,5H2,1-4H3. The Morgan fingerprint density at radius 1 is 1.29 bits per heavy atom. The van der Waals surface area contributed by atoms with Gasteiger partial charge in [-0.1, -0.05) is 18.8 Å². The summed E-state index contributed by atoms with van der Waals surface area (Å²) in [5, 5.41) is 9.83. The number of rotatable bonds is 3. The molecule has 1 aromatic carbocycles. The van der Waals surface area contributed by atoms with Crippen molar-refractivity contribution in [2.75, 3.05) is 14.2 Å². The van der Waals surface area contributed by atoms with Gasteiger partial charge in [0, 0.05) is 0 Å². The smallest absolute Gasteiger partial charge is 0.134 e. The summed E-state index contributed by atoms with van der Waals surface area (Å²) in [5.41, 5.74) is -0.269. The zero-order valence-corrected chi connectivity index (χ0v) is 10.7. The van der Waals surface area contributed by atoms with Crippen molar-refractivity contribution < 1.29 is 14.6 Å². The predicted molar refractivity (Wildman–Crippen MR) is 67.3 cm³/mol. The summed E-state index contributed by atoms with van der Waals surface area (Å²) < 4.78 is 10.3. The third-order valence-electron chi connectivity index (χ3n) is 2.56. The lowest BCUT2D eigenvalue weighted by Gasteiger charge is -2.12. The molecule has 17 heavy (non-hydrogen) atoms. The van der Waals surface area contributed by atoms with E-state index in [4.69, 9.17) is 9.47 Å². The second-order valence-electron chi connectivity index (χ2n) is 3.94. The van der Waals surface area contributed by atoms with Crippen molar-refractivity contribution in [2.24, 2.45) is 0 Å². The van der Waals surface area contributed by atoms with Crippen LogP contribution in [0.5, 0.6) is 11.5 Å². The number of hydrogen-bond donors (Lipinski definition) is 1. The van der Waals surface area contributed by atoms with Crippen LogP contribution in [0.3, 0.4) is 0 Å². The highest BCUT2D eigenvalue weighted by Gasteiger charge is 2.12. The van der Waals surface area contributed by atoms with E-state index in [1.54, 1.807) is 33.3 Å². The van der Waals surface area contributed by atoms with Gasteiger partial charge in [-0.2, -0.15) is 0 Å². The molecule has 1 atom stereocenters. The van der Waals surface area contributed by atoms with Gasteiger partial charge in [-0.05, 0) is 31.5 Å². The van der Waals surface area contributed by atoms with Crippen molar-refractivity contribution in [3.8, 4) is 23.3 Å². The summed E-state index contributed by atoms with van der Waals surface area (Å²) in [7, 11) is 3.19. The quantitative estimate of drug-likeness (QED) is 0.815. The molecular formula is C14H18O3. The summed E-state index contributed by atoms with van der Waals surface area (Å²) >= 11 is 0. The molecule has 0 amide bonds. The lowest BCUT2D eigenvalue weighted by molar-refractivity contribution is 0.118. The zero-order valence-electron chi connectivity index (χ0n) is 10.7. The van der Waals surface area contributed by atoms with E-state index >= 15 is 0 Å². The van der Waals surface area contributed by atoms with Crippen LogP contribution in [-0.2, 0) is 0 Å². The summed E-state index contributed by atoms with van der Waals surface area (Å²) in [5.74, 6) is 7.13. The Bertz CT molecular complexity index is 439. The van der Waals surface area contributed by atoms with Gasteiger partial charge < -0.3 is 14.6 Å². The second kappa shape index (κ2) is 5.60. The van der Waals surface area contributed by atoms with Crippen LogP contribution in [0.4, 0.5) is 0 Å². The molecule has 3 heteroatoms. The Morgan fingerprint density at radius 3 is 2.53 bits per heavy atom. The number of aliphatic hydroxyl groups is 1. The van der Waals surface area contributed by atoms with Gasteiger partial charge in [0.25, 0.3) is 0 Å². The summed E-state index contributed by atoms with van der Waals surface area (Å²) in [6, 6.07) is 5.39. The monoisotopic (exact) mass is 234 g/mol. The fraction of sp³-hybridized carbons (Fsp3) is 0.429. The molecule has 0 spiro atoms. The van der Waals surface area contributed by atoms with Crippen molar-refractivity contribution >= 4 is 0 Å². The third kappa shape index (κ3) is 3.69. The van der Waals surface area contributed by atoms with Crippen molar-refractivity contribution in [1.82, 2.24) is 0 Å². The SMILES string of the molecule is CCC(C)(O)C#Cc1cc(OC)ccc1OC. The third-order valence-corrected chi connectivity index (χ3v) is 2.56. The van der Waals surface area contributed by atoms with Crippen LogP contribution in [0.15, 0.2) is 18.2 Å². The molecule has 1 aromatic rings. The maximum Gasteiger partial charge on any atom is 0.134 e. The number of methoxy groups -OCH3 is 2. The van der Waals surface area contributed by atoms with Gasteiger partial charge in [0.05, 0.1) is 19.8 Å². The van der Waals surface area contributed by atoms with Crippen LogP contribution in [0.25, 0.3) is 0 Å². The maximum absolute atomic E-state index is 9.83. The van der Waals surface area contributed by atoms with Crippen molar-refractivity contribution in [2.45, 2.75) is 25.9 Å². The van der Waals surface area contributed by atoms with Gasteiger partial charge in [0.1, 0.15) is 17.1 Å². The molecule has 0 aliphatic carbocycles. The minimum atomic E-state index is -0.978. The molecule has 0 fully saturated rings. The number of hydrogen-bond acceptors (Lipinski definition) is 3. The molecule has 92 valence electrons. The first kappa shape index (κ1) is 13.4. The first-order chi connectivity index (χ1) is 8.02. The molecule has 0 saturated heterocycles. The molecule has 0 bridgehead atoms. The molecule has 0 radical (unpaired) electrons. The highest BCUT2D eigenvalue weighted by molar-refractivity contribution is 5.50. The summed E-state index contributed by atoms with van der Waals surface area (Å²) in [6.07, 6.45) is 0.576. The Labute approximate surface area is 102 Å². The van der Waals surface area contributed by atoms with Crippen LogP contribution in [0, 0.1) is 11.8 Å². The molecule has 0 aliphatic rings. The average molecular weight is 234 g/mol. The molecule has 1 N–H and O–H groups in total. The second-order valence-corrected chi connectivity index (χ2v) is 3.94. The van der Waals surface area contributed by atoms with E-state index in [1.165, 1.54) is 0 Å². The van der Waals surface area contributed by atoms with Crippen LogP contribution in [0.2, 0.25) is 0 Å². The summed E-state index contributed by atoms with van der Waals surface area (Å²) in [6.45, 7) is 3.57. The lowest BCUT2D eigenvalue weighted by atomic mass is 10.0. The van der Waals surface area contributed by atoms with Gasteiger partial charge in [-0.25, -0.2) is 0 Å². The average Bonchev–Trinajstić information content (AvgIpc) is 2.36. The van der Waals surface area contributed by atoms with Crippen LogP contribution in [-0.4, -0.2) is 24.9 Å². The van der Waals surface area contributed by atoms with E-state index in [0.717, 1.165) is 0 Å². The number of benzene rings is 1. The van der Waals surface area contributed by atoms with E-state index in [9.17, 15) is 5.11 Å². The molecule has 0 saturated carbocycles. The topological polar surface area (TPSA) is 38.7 Å². The first-order valence-electron chi connectivity index (χ1n) is 5.50. The van der Waals surface area contributed by atoms with Crippen LogP contribution < -0.4 is 9.47 Å². The van der Waals surface area contributed by atoms with E-state index in [0.29, 0.717) is 23.5 Å². The Morgan fingerprint density at radius 2 is 2.00 bits per heavy atom. The van der Waals surface area contributed by atoms with Crippen LogP contribution >= 0.6 is 0 Å².